The van der Waals surface area contributed by atoms with Gasteiger partial charge in [-0.05, 0) is 43.0 Å². The highest BCUT2D eigenvalue weighted by atomic mass is 16.6. The number of nitro groups is 1. The van der Waals surface area contributed by atoms with Gasteiger partial charge >= 0.3 is 6.03 Å². The number of hydrogen-bond acceptors (Lipinski definition) is 5. The molecule has 1 aliphatic heterocycles. The molecule has 0 saturated carbocycles. The summed E-state index contributed by atoms with van der Waals surface area (Å²) in [5.41, 5.74) is -0.461. The van der Waals surface area contributed by atoms with Gasteiger partial charge < -0.3 is 10.2 Å². The van der Waals surface area contributed by atoms with Crippen LogP contribution in [0.2, 0.25) is 0 Å². The molecule has 0 aliphatic carbocycles. The Morgan fingerprint density at radius 1 is 1.06 bits per heavy atom. The van der Waals surface area contributed by atoms with Crippen molar-refractivity contribution in [3.05, 3.63) is 82.4 Å². The Hall–Kier alpha value is -4.27. The van der Waals surface area contributed by atoms with Gasteiger partial charge in [0.1, 0.15) is 12.1 Å². The fourth-order valence-corrected chi connectivity index (χ4v) is 4.10. The molecular weight excluding hydrogens is 424 g/mol. The van der Waals surface area contributed by atoms with Gasteiger partial charge in [0, 0.05) is 24.1 Å². The van der Waals surface area contributed by atoms with Crippen LogP contribution in [-0.2, 0) is 15.1 Å². The third kappa shape index (κ3) is 3.78. The van der Waals surface area contributed by atoms with Gasteiger partial charge in [-0.25, -0.2) is 4.79 Å². The Bertz CT molecular complexity index is 1270. The average molecular weight is 446 g/mol. The van der Waals surface area contributed by atoms with Crippen molar-refractivity contribution in [2.45, 2.75) is 19.4 Å². The van der Waals surface area contributed by atoms with Crippen LogP contribution in [0, 0.1) is 10.1 Å². The third-order valence-electron chi connectivity index (χ3n) is 5.90. The topological polar surface area (TPSA) is 113 Å². The molecule has 3 aromatic rings. The number of fused-ring (bicyclic) bond motifs is 1. The summed E-state index contributed by atoms with van der Waals surface area (Å²) in [6, 6.07) is 18.0. The summed E-state index contributed by atoms with van der Waals surface area (Å²) in [6.07, 6.45) is 0. The fraction of sp³-hybridized carbons (Fsp3) is 0.208. The summed E-state index contributed by atoms with van der Waals surface area (Å²) in [5, 5.41) is 15.4. The minimum atomic E-state index is -1.43. The van der Waals surface area contributed by atoms with Crippen LogP contribution in [0.15, 0.2) is 66.7 Å². The number of urea groups is 1. The molecule has 9 heteroatoms. The van der Waals surface area contributed by atoms with E-state index < -0.39 is 34.9 Å². The zero-order valence-electron chi connectivity index (χ0n) is 18.1. The molecule has 0 bridgehead atoms. The maximum Gasteiger partial charge on any atom is 0.325 e. The number of non-ortho nitro benzene ring substituents is 1. The molecule has 1 atom stereocenters. The number of imide groups is 1. The van der Waals surface area contributed by atoms with E-state index in [1.807, 2.05) is 49.4 Å². The van der Waals surface area contributed by atoms with E-state index in [0.717, 1.165) is 15.7 Å². The van der Waals surface area contributed by atoms with E-state index in [0.29, 0.717) is 17.8 Å². The Balaban J connectivity index is 1.59. The van der Waals surface area contributed by atoms with Crippen LogP contribution in [0.3, 0.4) is 0 Å². The van der Waals surface area contributed by atoms with Gasteiger partial charge in [0.15, 0.2) is 0 Å². The molecule has 1 unspecified atom stereocenters. The number of hydrogen-bond donors (Lipinski definition) is 1. The number of carbonyl (C=O) groups excluding carboxylic acids is 3. The number of amides is 4. The molecule has 3 aromatic carbocycles. The molecule has 1 N–H and O–H groups in total. The lowest BCUT2D eigenvalue weighted by Crippen LogP contribution is -2.44. The summed E-state index contributed by atoms with van der Waals surface area (Å²) in [4.78, 5) is 51.9. The van der Waals surface area contributed by atoms with Crippen molar-refractivity contribution in [2.24, 2.45) is 0 Å². The molecule has 4 rings (SSSR count). The van der Waals surface area contributed by atoms with E-state index in [1.165, 1.54) is 31.2 Å². The molecular formula is C24H22N4O5. The van der Waals surface area contributed by atoms with Crippen LogP contribution in [0.25, 0.3) is 10.8 Å². The summed E-state index contributed by atoms with van der Waals surface area (Å²) in [5.74, 6) is -0.992. The van der Waals surface area contributed by atoms with Crippen LogP contribution in [0.4, 0.5) is 16.2 Å². The quantitative estimate of drug-likeness (QED) is 0.353. The maximum atomic E-state index is 13.2. The number of likely N-dealkylation sites (N-methyl/N-ethyl adjacent to an activating group) is 1. The maximum absolute atomic E-state index is 13.2. The van der Waals surface area contributed by atoms with Crippen LogP contribution >= 0.6 is 0 Å². The van der Waals surface area contributed by atoms with Crippen molar-refractivity contribution in [2.75, 3.05) is 18.0 Å². The highest BCUT2D eigenvalue weighted by Gasteiger charge is 2.49. The van der Waals surface area contributed by atoms with E-state index in [2.05, 4.69) is 5.32 Å². The smallest absolute Gasteiger partial charge is 0.319 e. The van der Waals surface area contributed by atoms with Gasteiger partial charge in [0.2, 0.25) is 5.91 Å². The number of benzene rings is 3. The SMILES string of the molecule is CCN(C(=O)CN1C(=O)NC(C)(c2ccc([N+](=O)[O-])cc2)C1=O)c1cccc2ccccc12. The molecule has 0 aromatic heterocycles. The molecule has 1 fully saturated rings. The van der Waals surface area contributed by atoms with Crippen molar-refractivity contribution in [1.29, 1.82) is 0 Å². The van der Waals surface area contributed by atoms with E-state index in [1.54, 1.807) is 4.90 Å². The molecule has 1 saturated heterocycles. The zero-order chi connectivity index (χ0) is 23.8. The predicted octanol–water partition coefficient (Wildman–Crippen LogP) is 3.57. The molecule has 1 heterocycles. The second-order valence-electron chi connectivity index (χ2n) is 7.89. The Morgan fingerprint density at radius 3 is 2.39 bits per heavy atom. The van der Waals surface area contributed by atoms with E-state index in [-0.39, 0.29) is 5.69 Å². The first kappa shape index (κ1) is 21.9. The van der Waals surface area contributed by atoms with Gasteiger partial charge in [-0.15, -0.1) is 0 Å². The van der Waals surface area contributed by atoms with Crippen molar-refractivity contribution in [1.82, 2.24) is 10.2 Å². The first-order valence-electron chi connectivity index (χ1n) is 10.4. The normalized spacial score (nSPS) is 17.8. The number of nitro benzene ring substituents is 1. The van der Waals surface area contributed by atoms with Crippen LogP contribution in [-0.4, -0.2) is 40.8 Å². The minimum absolute atomic E-state index is 0.125. The highest BCUT2D eigenvalue weighted by molar-refractivity contribution is 6.11. The van der Waals surface area contributed by atoms with E-state index in [4.69, 9.17) is 0 Å². The first-order chi connectivity index (χ1) is 15.8. The van der Waals surface area contributed by atoms with Crippen LogP contribution < -0.4 is 10.2 Å². The molecule has 4 amide bonds. The lowest BCUT2D eigenvalue weighted by Gasteiger charge is -2.25. The summed E-state index contributed by atoms with van der Waals surface area (Å²) >= 11 is 0. The average Bonchev–Trinajstić information content (AvgIpc) is 3.03. The summed E-state index contributed by atoms with van der Waals surface area (Å²) in [7, 11) is 0. The standard InChI is InChI=1S/C24H22N4O5/c1-3-26(20-10-6-8-16-7-4-5-9-19(16)20)21(29)15-27-22(30)24(2,25-23(27)31)17-11-13-18(14-12-17)28(32)33/h4-14H,3,15H2,1-2H3,(H,25,31). The third-order valence-corrected chi connectivity index (χ3v) is 5.90. The van der Waals surface area contributed by atoms with Crippen LogP contribution in [0.5, 0.6) is 0 Å². The van der Waals surface area contributed by atoms with Crippen molar-refractivity contribution < 1.29 is 19.3 Å². The zero-order valence-corrected chi connectivity index (χ0v) is 18.1. The summed E-state index contributed by atoms with van der Waals surface area (Å²) in [6.45, 7) is 3.27. The molecule has 0 spiro atoms. The highest BCUT2D eigenvalue weighted by Crippen LogP contribution is 2.31. The van der Waals surface area contributed by atoms with E-state index in [9.17, 15) is 24.5 Å². The first-order valence-corrected chi connectivity index (χ1v) is 10.4. The van der Waals surface area contributed by atoms with E-state index >= 15 is 0 Å². The molecule has 1 aliphatic rings. The number of rotatable bonds is 6. The van der Waals surface area contributed by atoms with Crippen molar-refractivity contribution >= 4 is 40.0 Å². The number of nitrogens with zero attached hydrogens (tertiary/aromatic N) is 3. The van der Waals surface area contributed by atoms with Crippen molar-refractivity contribution in [3.63, 3.8) is 0 Å². The molecule has 0 radical (unpaired) electrons. The largest absolute Gasteiger partial charge is 0.325 e. The van der Waals surface area contributed by atoms with Crippen LogP contribution in [0.1, 0.15) is 19.4 Å². The predicted molar refractivity (Wildman–Crippen MR) is 123 cm³/mol. The molecule has 9 nitrogen and oxygen atoms in total. The Morgan fingerprint density at radius 2 is 1.73 bits per heavy atom. The summed E-state index contributed by atoms with van der Waals surface area (Å²) < 4.78 is 0. The number of carbonyl (C=O) groups is 3. The number of anilines is 1. The Labute approximate surface area is 189 Å². The molecule has 33 heavy (non-hydrogen) atoms. The minimum Gasteiger partial charge on any atom is -0.319 e. The second kappa shape index (κ2) is 8.34. The van der Waals surface area contributed by atoms with Gasteiger partial charge in [0.05, 0.1) is 10.6 Å². The van der Waals surface area contributed by atoms with Gasteiger partial charge in [-0.2, -0.15) is 0 Å². The monoisotopic (exact) mass is 446 g/mol. The lowest BCUT2D eigenvalue weighted by molar-refractivity contribution is -0.384. The van der Waals surface area contributed by atoms with Gasteiger partial charge in [-0.1, -0.05) is 36.4 Å². The van der Waals surface area contributed by atoms with Gasteiger partial charge in [-0.3, -0.25) is 24.6 Å². The Kier molecular flexibility index (Phi) is 5.55. The number of nitrogens with one attached hydrogen (secondary N) is 1. The van der Waals surface area contributed by atoms with Crippen molar-refractivity contribution in [3.8, 4) is 0 Å². The lowest BCUT2D eigenvalue weighted by atomic mass is 9.92. The molecule has 168 valence electrons. The van der Waals surface area contributed by atoms with Gasteiger partial charge in [0.25, 0.3) is 11.6 Å². The fourth-order valence-electron chi connectivity index (χ4n) is 4.10. The second-order valence-corrected chi connectivity index (χ2v) is 7.89.